The van der Waals surface area contributed by atoms with E-state index in [4.69, 9.17) is 5.73 Å². The van der Waals surface area contributed by atoms with Gasteiger partial charge in [-0.2, -0.15) is 5.26 Å². The molecule has 0 aliphatic rings. The fourth-order valence-corrected chi connectivity index (χ4v) is 4.10. The van der Waals surface area contributed by atoms with E-state index in [-0.39, 0.29) is 26.6 Å². The molecule has 0 bridgehead atoms. The maximum atomic E-state index is 14.8. The van der Waals surface area contributed by atoms with Gasteiger partial charge in [-0.25, -0.2) is 13.8 Å². The van der Waals surface area contributed by atoms with Crippen LogP contribution in [0.2, 0.25) is 0 Å². The minimum Gasteiger partial charge on any atom is -0.386 e. The molecule has 0 atom stereocenters. The number of aromatic nitrogens is 1. The van der Waals surface area contributed by atoms with Gasteiger partial charge in [0.15, 0.2) is 0 Å². The van der Waals surface area contributed by atoms with Crippen molar-refractivity contribution in [1.29, 1.82) is 5.26 Å². The fourth-order valence-electron chi connectivity index (χ4n) is 2.98. The number of amides is 1. The first-order valence-corrected chi connectivity index (χ1v) is 10.5. The van der Waals surface area contributed by atoms with Crippen molar-refractivity contribution in [2.45, 2.75) is 38.7 Å². The third-order valence-electron chi connectivity index (χ3n) is 4.90. The molecule has 3 aromatic rings. The van der Waals surface area contributed by atoms with Crippen molar-refractivity contribution in [2.24, 2.45) is 5.73 Å². The zero-order valence-electron chi connectivity index (χ0n) is 18.0. The van der Waals surface area contributed by atoms with Crippen LogP contribution in [0.4, 0.5) is 19.6 Å². The molecule has 6 nitrogen and oxygen atoms in total. The van der Waals surface area contributed by atoms with Crippen LogP contribution in [-0.4, -0.2) is 16.0 Å². The normalized spacial score (nSPS) is 11.8. The maximum absolute atomic E-state index is 14.8. The summed E-state index contributed by atoms with van der Waals surface area (Å²) in [5.41, 5.74) is 3.54. The summed E-state index contributed by atoms with van der Waals surface area (Å²) in [6.45, 7) is 6.29. The van der Waals surface area contributed by atoms with E-state index in [0.29, 0.717) is 11.5 Å². The predicted molar refractivity (Wildman–Crippen MR) is 120 cm³/mol. The Labute approximate surface area is 188 Å². The second kappa shape index (κ2) is 8.30. The molecule has 0 aliphatic carbocycles. The Hall–Kier alpha value is -3.35. The van der Waals surface area contributed by atoms with Gasteiger partial charge in [-0.1, -0.05) is 6.07 Å². The highest BCUT2D eigenvalue weighted by Crippen LogP contribution is 2.40. The second-order valence-electron chi connectivity index (χ2n) is 8.36. The molecule has 1 amide bonds. The Kier molecular flexibility index (Phi) is 6.05. The van der Waals surface area contributed by atoms with Crippen LogP contribution < -0.4 is 11.1 Å². The van der Waals surface area contributed by atoms with Crippen LogP contribution in [0.3, 0.4) is 0 Å². The molecule has 0 spiro atoms. The number of hydrogen-bond acceptors (Lipinski definition) is 6. The molecule has 2 heterocycles. The van der Waals surface area contributed by atoms with E-state index in [0.717, 1.165) is 23.5 Å². The number of anilines is 2. The van der Waals surface area contributed by atoms with Crippen LogP contribution in [0.1, 0.15) is 49.3 Å². The number of nitriles is 1. The fraction of sp³-hybridized carbons (Fsp3) is 0.261. The molecule has 32 heavy (non-hydrogen) atoms. The smallest absolute Gasteiger partial charge is 0.251 e. The van der Waals surface area contributed by atoms with E-state index < -0.39 is 28.6 Å². The number of pyridine rings is 1. The molecule has 0 aliphatic heterocycles. The molecular weight excluding hydrogens is 434 g/mol. The van der Waals surface area contributed by atoms with Gasteiger partial charge < -0.3 is 16.2 Å². The lowest BCUT2D eigenvalue weighted by Crippen LogP contribution is -2.16. The number of nitrogens with two attached hydrogens (primary N) is 1. The first-order valence-electron chi connectivity index (χ1n) is 9.65. The largest absolute Gasteiger partial charge is 0.386 e. The standard InChI is InChI=1S/C23H22F2N4O2S/c1-22(2,11-26)17-6-5-7-18(28-17)29-21-13(20(27)30)10-16(32-21)19-14(24)8-12(9-15(19)25)23(3,4)31/h5-10,31H,1-4H3,(H2,27,30)(H,28,29). The highest BCUT2D eigenvalue weighted by Gasteiger charge is 2.25. The molecule has 9 heteroatoms. The lowest BCUT2D eigenvalue weighted by atomic mass is 9.91. The summed E-state index contributed by atoms with van der Waals surface area (Å²) < 4.78 is 29.6. The van der Waals surface area contributed by atoms with Gasteiger partial charge >= 0.3 is 0 Å². The van der Waals surface area contributed by atoms with Crippen molar-refractivity contribution >= 4 is 28.1 Å². The third-order valence-corrected chi connectivity index (χ3v) is 5.97. The van der Waals surface area contributed by atoms with Crippen LogP contribution in [0.15, 0.2) is 36.4 Å². The van der Waals surface area contributed by atoms with E-state index in [9.17, 15) is 23.9 Å². The average molecular weight is 457 g/mol. The summed E-state index contributed by atoms with van der Waals surface area (Å²) >= 11 is 0.937. The summed E-state index contributed by atoms with van der Waals surface area (Å²) in [7, 11) is 0. The molecule has 2 aromatic heterocycles. The summed E-state index contributed by atoms with van der Waals surface area (Å²) in [6, 6.07) is 10.6. The molecule has 0 fully saturated rings. The number of benzene rings is 1. The number of thiophene rings is 1. The molecule has 1 aromatic carbocycles. The second-order valence-corrected chi connectivity index (χ2v) is 9.41. The quantitative estimate of drug-likeness (QED) is 0.485. The van der Waals surface area contributed by atoms with Gasteiger partial charge in [0.05, 0.1) is 33.9 Å². The van der Waals surface area contributed by atoms with Crippen LogP contribution in [0.5, 0.6) is 0 Å². The number of carbonyl (C=O) groups is 1. The molecule has 4 N–H and O–H groups in total. The summed E-state index contributed by atoms with van der Waals surface area (Å²) in [5, 5.41) is 22.6. The van der Waals surface area contributed by atoms with E-state index in [1.165, 1.54) is 19.9 Å². The molecule has 3 rings (SSSR count). The van der Waals surface area contributed by atoms with Gasteiger partial charge in [0, 0.05) is 4.88 Å². The van der Waals surface area contributed by atoms with Crippen LogP contribution in [0, 0.1) is 23.0 Å². The number of carbonyl (C=O) groups excluding carboxylic acids is 1. The zero-order valence-corrected chi connectivity index (χ0v) is 18.8. The summed E-state index contributed by atoms with van der Waals surface area (Å²) in [5.74, 6) is -2.18. The van der Waals surface area contributed by atoms with E-state index in [1.54, 1.807) is 32.0 Å². The van der Waals surface area contributed by atoms with Gasteiger partial charge in [0.25, 0.3) is 5.91 Å². The first-order chi connectivity index (χ1) is 14.8. The van der Waals surface area contributed by atoms with Gasteiger partial charge in [0.2, 0.25) is 0 Å². The average Bonchev–Trinajstić information content (AvgIpc) is 3.10. The zero-order chi connectivity index (χ0) is 23.8. The third kappa shape index (κ3) is 4.61. The van der Waals surface area contributed by atoms with Gasteiger partial charge in [0.1, 0.15) is 22.5 Å². The van der Waals surface area contributed by atoms with Crippen LogP contribution >= 0.6 is 11.3 Å². The van der Waals surface area contributed by atoms with Crippen LogP contribution in [-0.2, 0) is 11.0 Å². The molecule has 0 unspecified atom stereocenters. The number of aliphatic hydroxyl groups is 1. The Morgan fingerprint density at radius 2 is 1.81 bits per heavy atom. The molecular formula is C23H22F2N4O2S. The monoisotopic (exact) mass is 456 g/mol. The Bertz CT molecular complexity index is 1220. The number of primary amides is 1. The number of hydrogen-bond donors (Lipinski definition) is 3. The van der Waals surface area contributed by atoms with E-state index in [1.807, 2.05) is 0 Å². The Balaban J connectivity index is 2.06. The van der Waals surface area contributed by atoms with Gasteiger partial charge in [-0.3, -0.25) is 4.79 Å². The molecule has 166 valence electrons. The predicted octanol–water partition coefficient (Wildman–Crippen LogP) is 4.96. The van der Waals surface area contributed by atoms with Gasteiger partial charge in [-0.15, -0.1) is 11.3 Å². The van der Waals surface area contributed by atoms with E-state index >= 15 is 0 Å². The molecule has 0 radical (unpaired) electrons. The topological polar surface area (TPSA) is 112 Å². The lowest BCUT2D eigenvalue weighted by molar-refractivity contribution is 0.0778. The highest BCUT2D eigenvalue weighted by molar-refractivity contribution is 7.20. The number of nitrogens with one attached hydrogen (secondary N) is 1. The number of rotatable bonds is 6. The minimum absolute atomic E-state index is 0.0436. The Morgan fingerprint density at radius 3 is 2.34 bits per heavy atom. The van der Waals surface area contributed by atoms with Crippen molar-refractivity contribution < 1.29 is 18.7 Å². The summed E-state index contributed by atoms with van der Waals surface area (Å²) in [6.07, 6.45) is 0. The van der Waals surface area contributed by atoms with Crippen molar-refractivity contribution in [3.8, 4) is 16.5 Å². The van der Waals surface area contributed by atoms with Crippen molar-refractivity contribution in [2.75, 3.05) is 5.32 Å². The van der Waals surface area contributed by atoms with Gasteiger partial charge in [-0.05, 0) is 63.6 Å². The van der Waals surface area contributed by atoms with Crippen molar-refractivity contribution in [3.63, 3.8) is 0 Å². The highest BCUT2D eigenvalue weighted by atomic mass is 32.1. The van der Waals surface area contributed by atoms with Crippen LogP contribution in [0.25, 0.3) is 10.4 Å². The van der Waals surface area contributed by atoms with Crippen molar-refractivity contribution in [3.05, 3.63) is 64.9 Å². The van der Waals surface area contributed by atoms with Crippen molar-refractivity contribution in [1.82, 2.24) is 4.98 Å². The van der Waals surface area contributed by atoms with E-state index in [2.05, 4.69) is 16.4 Å². The number of halogens is 2. The molecule has 0 saturated carbocycles. The lowest BCUT2D eigenvalue weighted by Gasteiger charge is -2.18. The molecule has 0 saturated heterocycles. The maximum Gasteiger partial charge on any atom is 0.251 e. The Morgan fingerprint density at radius 1 is 1.19 bits per heavy atom. The SMILES string of the molecule is CC(C)(O)c1cc(F)c(-c2cc(C(N)=O)c(Nc3cccc(C(C)(C)C#N)n3)s2)c(F)c1. The summed E-state index contributed by atoms with van der Waals surface area (Å²) in [4.78, 5) is 16.5. The first kappa shape index (κ1) is 23.3. The minimum atomic E-state index is -1.42. The number of nitrogens with zero attached hydrogens (tertiary/aromatic N) is 2.